The molecular weight excluding hydrogens is 316 g/mol. The molecule has 2 fully saturated rings. The predicted molar refractivity (Wildman–Crippen MR) is 86.5 cm³/mol. The van der Waals surface area contributed by atoms with Crippen LogP contribution in [-0.4, -0.2) is 59.1 Å². The van der Waals surface area contributed by atoms with E-state index in [1.54, 1.807) is 9.80 Å². The second-order valence-corrected chi connectivity index (χ2v) is 6.93. The Morgan fingerprint density at radius 2 is 2.26 bits per heavy atom. The first-order chi connectivity index (χ1) is 11.0. The fourth-order valence-corrected chi connectivity index (χ4v) is 4.04. The van der Waals surface area contributed by atoms with Crippen LogP contribution >= 0.6 is 11.3 Å². The fourth-order valence-electron chi connectivity index (χ4n) is 3.19. The number of ether oxygens (including phenoxy) is 1. The summed E-state index contributed by atoms with van der Waals surface area (Å²) in [5.74, 6) is -0.0269. The topological polar surface area (TPSA) is 88.8 Å². The molecule has 0 aliphatic carbocycles. The molecule has 0 radical (unpaired) electrons. The number of nitrogens with zero attached hydrogens (tertiary/aromatic N) is 3. The van der Waals surface area contributed by atoms with Crippen molar-refractivity contribution in [3.8, 4) is 0 Å². The zero-order chi connectivity index (χ0) is 16.1. The fraction of sp³-hybridized carbons (Fsp3) is 0.400. The molecule has 2 aliphatic heterocycles. The van der Waals surface area contributed by atoms with Crippen LogP contribution in [0.3, 0.4) is 0 Å². The van der Waals surface area contributed by atoms with Crippen molar-refractivity contribution in [1.29, 1.82) is 0 Å². The number of aromatic nitrogens is 1. The number of nitrogens with two attached hydrogens (primary N) is 1. The first kappa shape index (κ1) is 14.3. The number of rotatable bonds is 1. The highest BCUT2D eigenvalue weighted by Crippen LogP contribution is 2.28. The van der Waals surface area contributed by atoms with E-state index in [9.17, 15) is 9.59 Å². The SMILES string of the molecule is Cc1cc(C(=O)N2CCN3C(=O)OC[C@H]3C2)cc2sc(N)nc12. The van der Waals surface area contributed by atoms with Gasteiger partial charge in [0.25, 0.3) is 5.91 Å². The van der Waals surface area contributed by atoms with Crippen molar-refractivity contribution in [2.24, 2.45) is 0 Å². The summed E-state index contributed by atoms with van der Waals surface area (Å²) in [4.78, 5) is 32.1. The number of carbonyl (C=O) groups excluding carboxylic acids is 2. The standard InChI is InChI=1S/C15H16N4O3S/c1-8-4-9(5-11-12(8)17-14(16)23-11)13(20)18-2-3-19-10(6-18)7-22-15(19)21/h4-5,10H,2-3,6-7H2,1H3,(H2,16,17)/t10-/m1/s1. The van der Waals surface area contributed by atoms with E-state index in [4.69, 9.17) is 10.5 Å². The third-order valence-corrected chi connectivity index (χ3v) is 5.18. The number of hydrogen-bond donors (Lipinski definition) is 1. The third-order valence-electron chi connectivity index (χ3n) is 4.35. The molecule has 120 valence electrons. The molecule has 4 rings (SSSR count). The van der Waals surface area contributed by atoms with E-state index in [2.05, 4.69) is 4.98 Å². The van der Waals surface area contributed by atoms with Gasteiger partial charge in [-0.3, -0.25) is 9.69 Å². The lowest BCUT2D eigenvalue weighted by atomic mass is 10.1. The van der Waals surface area contributed by atoms with Gasteiger partial charge >= 0.3 is 6.09 Å². The Bertz CT molecular complexity index is 818. The van der Waals surface area contributed by atoms with Crippen molar-refractivity contribution in [3.63, 3.8) is 0 Å². The van der Waals surface area contributed by atoms with Gasteiger partial charge in [-0.15, -0.1) is 0 Å². The summed E-state index contributed by atoms with van der Waals surface area (Å²) in [7, 11) is 0. The molecule has 2 N–H and O–H groups in total. The average Bonchev–Trinajstić information content (AvgIpc) is 3.09. The number of benzene rings is 1. The van der Waals surface area contributed by atoms with Crippen LogP contribution in [0.5, 0.6) is 0 Å². The second kappa shape index (κ2) is 5.09. The molecule has 1 aromatic heterocycles. The van der Waals surface area contributed by atoms with Crippen molar-refractivity contribution in [2.45, 2.75) is 13.0 Å². The molecule has 2 amide bonds. The summed E-state index contributed by atoms with van der Waals surface area (Å²) in [5, 5.41) is 0.503. The maximum Gasteiger partial charge on any atom is 0.410 e. The molecule has 0 spiro atoms. The van der Waals surface area contributed by atoms with E-state index in [-0.39, 0.29) is 18.0 Å². The van der Waals surface area contributed by atoms with Gasteiger partial charge in [0.15, 0.2) is 5.13 Å². The van der Waals surface area contributed by atoms with E-state index < -0.39 is 0 Å². The van der Waals surface area contributed by atoms with Crippen LogP contribution in [0, 0.1) is 6.92 Å². The summed E-state index contributed by atoms with van der Waals surface area (Å²) in [5.41, 5.74) is 8.19. The van der Waals surface area contributed by atoms with E-state index in [1.807, 2.05) is 19.1 Å². The lowest BCUT2D eigenvalue weighted by Crippen LogP contribution is -2.53. The number of carbonyl (C=O) groups is 2. The van der Waals surface area contributed by atoms with Gasteiger partial charge in [0.2, 0.25) is 0 Å². The van der Waals surface area contributed by atoms with E-state index in [0.29, 0.717) is 36.9 Å². The van der Waals surface area contributed by atoms with Crippen molar-refractivity contribution >= 4 is 38.7 Å². The number of cyclic esters (lactones) is 1. The number of amides is 2. The summed E-state index contributed by atoms with van der Waals surface area (Å²) in [6, 6.07) is 3.66. The summed E-state index contributed by atoms with van der Waals surface area (Å²) in [6.07, 6.45) is -0.278. The number of nitrogen functional groups attached to an aromatic ring is 1. The molecule has 7 nitrogen and oxygen atoms in total. The van der Waals surface area contributed by atoms with E-state index in [1.165, 1.54) is 11.3 Å². The molecule has 1 atom stereocenters. The Labute approximate surface area is 136 Å². The normalized spacial score (nSPS) is 20.7. The molecule has 23 heavy (non-hydrogen) atoms. The maximum absolute atomic E-state index is 12.8. The Balaban J connectivity index is 1.61. The number of aryl methyl sites for hydroxylation is 1. The summed E-state index contributed by atoms with van der Waals surface area (Å²) < 4.78 is 5.96. The van der Waals surface area contributed by atoms with Crippen LogP contribution in [-0.2, 0) is 4.74 Å². The van der Waals surface area contributed by atoms with Crippen molar-refractivity contribution in [3.05, 3.63) is 23.3 Å². The van der Waals surface area contributed by atoms with Crippen molar-refractivity contribution in [2.75, 3.05) is 32.0 Å². The van der Waals surface area contributed by atoms with Gasteiger partial charge in [-0.2, -0.15) is 0 Å². The number of fused-ring (bicyclic) bond motifs is 2. The van der Waals surface area contributed by atoms with Crippen LogP contribution in [0.25, 0.3) is 10.2 Å². The van der Waals surface area contributed by atoms with E-state index in [0.717, 1.165) is 15.8 Å². The molecule has 2 saturated heterocycles. The molecule has 2 aliphatic rings. The summed E-state index contributed by atoms with van der Waals surface area (Å²) in [6.45, 7) is 3.83. The first-order valence-corrected chi connectivity index (χ1v) is 8.24. The van der Waals surface area contributed by atoms with Crippen LogP contribution in [0.1, 0.15) is 15.9 Å². The zero-order valence-electron chi connectivity index (χ0n) is 12.6. The number of thiazole rings is 1. The highest BCUT2D eigenvalue weighted by Gasteiger charge is 2.38. The van der Waals surface area contributed by atoms with Gasteiger partial charge in [-0.25, -0.2) is 9.78 Å². The lowest BCUT2D eigenvalue weighted by molar-refractivity contribution is 0.0617. The number of piperazine rings is 1. The van der Waals surface area contributed by atoms with Crippen molar-refractivity contribution < 1.29 is 14.3 Å². The molecule has 3 heterocycles. The zero-order valence-corrected chi connectivity index (χ0v) is 13.4. The summed E-state index contributed by atoms with van der Waals surface area (Å²) >= 11 is 1.38. The Hall–Kier alpha value is -2.35. The smallest absolute Gasteiger partial charge is 0.410 e. The monoisotopic (exact) mass is 332 g/mol. The van der Waals surface area contributed by atoms with Gasteiger partial charge in [0.1, 0.15) is 6.61 Å². The van der Waals surface area contributed by atoms with Gasteiger partial charge in [-0.05, 0) is 24.6 Å². The Kier molecular flexibility index (Phi) is 3.15. The molecule has 1 aromatic carbocycles. The van der Waals surface area contributed by atoms with Crippen LogP contribution < -0.4 is 5.73 Å². The highest BCUT2D eigenvalue weighted by molar-refractivity contribution is 7.22. The minimum absolute atomic E-state index is 0.0269. The molecule has 8 heteroatoms. The predicted octanol–water partition coefficient (Wildman–Crippen LogP) is 1.46. The first-order valence-electron chi connectivity index (χ1n) is 7.42. The largest absolute Gasteiger partial charge is 0.447 e. The second-order valence-electron chi connectivity index (χ2n) is 5.87. The Morgan fingerprint density at radius 3 is 3.09 bits per heavy atom. The van der Waals surface area contributed by atoms with Gasteiger partial charge < -0.3 is 15.4 Å². The van der Waals surface area contributed by atoms with Crippen molar-refractivity contribution in [1.82, 2.24) is 14.8 Å². The van der Waals surface area contributed by atoms with Gasteiger partial charge in [0, 0.05) is 25.2 Å². The van der Waals surface area contributed by atoms with Gasteiger partial charge in [0.05, 0.1) is 16.3 Å². The molecule has 2 aromatic rings. The van der Waals surface area contributed by atoms with Crippen LogP contribution in [0.2, 0.25) is 0 Å². The minimum Gasteiger partial charge on any atom is -0.447 e. The third kappa shape index (κ3) is 2.29. The average molecular weight is 332 g/mol. The number of hydrogen-bond acceptors (Lipinski definition) is 6. The molecule has 0 bridgehead atoms. The molecule has 0 unspecified atom stereocenters. The van der Waals surface area contributed by atoms with Crippen LogP contribution in [0.15, 0.2) is 12.1 Å². The quantitative estimate of drug-likeness (QED) is 0.854. The molecule has 0 saturated carbocycles. The minimum atomic E-state index is -0.278. The maximum atomic E-state index is 12.8. The number of anilines is 1. The van der Waals surface area contributed by atoms with E-state index >= 15 is 0 Å². The van der Waals surface area contributed by atoms with Gasteiger partial charge in [-0.1, -0.05) is 11.3 Å². The lowest BCUT2D eigenvalue weighted by Gasteiger charge is -2.35. The highest BCUT2D eigenvalue weighted by atomic mass is 32.1. The van der Waals surface area contributed by atoms with Crippen LogP contribution in [0.4, 0.5) is 9.93 Å². The molecular formula is C15H16N4O3S. The Morgan fingerprint density at radius 1 is 1.43 bits per heavy atom.